The lowest BCUT2D eigenvalue weighted by atomic mass is 9.72. The molecular formula is C61H55N2O2P. The molecule has 5 heteroatoms. The third kappa shape index (κ3) is 8.30. The number of aryl methyl sites for hydroxylation is 1. The van der Waals surface area contributed by atoms with Crippen molar-refractivity contribution in [1.29, 1.82) is 0 Å². The van der Waals surface area contributed by atoms with Crippen molar-refractivity contribution in [3.05, 3.63) is 251 Å². The molecule has 5 atom stereocenters. The van der Waals surface area contributed by atoms with Crippen LogP contribution in [0.1, 0.15) is 83.5 Å². The van der Waals surface area contributed by atoms with E-state index in [1.54, 1.807) is 0 Å². The molecule has 66 heavy (non-hydrogen) atoms. The first-order valence-electron chi connectivity index (χ1n) is 23.8. The minimum atomic E-state index is -2.96. The third-order valence-electron chi connectivity index (χ3n) is 14.1. The lowest BCUT2D eigenvalue weighted by Crippen LogP contribution is -2.25. The molecule has 0 radical (unpaired) electrons. The Labute approximate surface area is 389 Å². The first-order valence-corrected chi connectivity index (χ1v) is 25.6. The van der Waals surface area contributed by atoms with Gasteiger partial charge < -0.3 is 8.98 Å². The summed E-state index contributed by atoms with van der Waals surface area (Å²) < 4.78 is 22.2. The average molecular weight is 879 g/mol. The molecule has 0 saturated carbocycles. The van der Waals surface area contributed by atoms with Gasteiger partial charge in [-0.1, -0.05) is 200 Å². The van der Waals surface area contributed by atoms with Gasteiger partial charge in [0.15, 0.2) is 0 Å². The van der Waals surface area contributed by atoms with Crippen LogP contribution in [0.5, 0.6) is 0 Å². The fourth-order valence-corrected chi connectivity index (χ4v) is 13.7. The van der Waals surface area contributed by atoms with Gasteiger partial charge in [-0.2, -0.15) is 0 Å². The molecule has 6 aliphatic carbocycles. The van der Waals surface area contributed by atoms with Crippen LogP contribution in [0.25, 0.3) is 22.8 Å². The van der Waals surface area contributed by atoms with Crippen molar-refractivity contribution in [3.8, 4) is 0 Å². The summed E-state index contributed by atoms with van der Waals surface area (Å²) in [7, 11) is -2.96. The maximum Gasteiger partial charge on any atom is 0.150 e. The van der Waals surface area contributed by atoms with Gasteiger partial charge >= 0.3 is 0 Å². The largest absolute Gasteiger partial charge is 0.464 e. The number of fused-ring (bicyclic) bond motifs is 5. The Hall–Kier alpha value is -6.58. The van der Waals surface area contributed by atoms with Gasteiger partial charge in [-0.25, -0.2) is 0 Å². The van der Waals surface area contributed by atoms with Crippen LogP contribution in [0, 0.1) is 11.8 Å². The number of benzene rings is 4. The Morgan fingerprint density at radius 2 is 1.42 bits per heavy atom. The summed E-state index contributed by atoms with van der Waals surface area (Å²) in [6, 6.07) is 39.9. The molecule has 4 nitrogen and oxygen atoms in total. The average Bonchev–Trinajstić information content (AvgIpc) is 3.79. The van der Waals surface area contributed by atoms with Crippen LogP contribution in [0.2, 0.25) is 0 Å². The third-order valence-corrected chi connectivity index (χ3v) is 17.5. The van der Waals surface area contributed by atoms with Crippen molar-refractivity contribution in [2.45, 2.75) is 56.3 Å². The Bertz CT molecular complexity index is 2980. The molecule has 0 saturated heterocycles. The minimum absolute atomic E-state index is 0.109. The second kappa shape index (κ2) is 18.7. The molecule has 11 rings (SSSR count). The maximum atomic E-state index is 15.3. The molecule has 1 aromatic heterocycles. The van der Waals surface area contributed by atoms with E-state index in [1.165, 1.54) is 55.7 Å². The predicted molar refractivity (Wildman–Crippen MR) is 277 cm³/mol. The van der Waals surface area contributed by atoms with Gasteiger partial charge in [-0.3, -0.25) is 10.3 Å². The monoisotopic (exact) mass is 878 g/mol. The van der Waals surface area contributed by atoms with Crippen molar-refractivity contribution in [3.63, 3.8) is 0 Å². The van der Waals surface area contributed by atoms with E-state index in [-0.39, 0.29) is 23.7 Å². The summed E-state index contributed by atoms with van der Waals surface area (Å²) in [4.78, 5) is 5.07. The van der Waals surface area contributed by atoms with Crippen LogP contribution in [0.4, 0.5) is 0 Å². The zero-order chi connectivity index (χ0) is 44.3. The molecule has 0 bridgehead atoms. The van der Waals surface area contributed by atoms with E-state index in [0.29, 0.717) is 12.3 Å². The van der Waals surface area contributed by atoms with Crippen LogP contribution in [0.3, 0.4) is 0 Å². The predicted octanol–water partition coefficient (Wildman–Crippen LogP) is 13.9. The van der Waals surface area contributed by atoms with E-state index in [9.17, 15) is 0 Å². The highest BCUT2D eigenvalue weighted by Crippen LogP contribution is 2.54. The first kappa shape index (κ1) is 42.1. The Morgan fingerprint density at radius 3 is 2.17 bits per heavy atom. The Balaban J connectivity index is 0.873. The van der Waals surface area contributed by atoms with Gasteiger partial charge in [0, 0.05) is 64.3 Å². The van der Waals surface area contributed by atoms with Crippen molar-refractivity contribution in [2.75, 3.05) is 6.54 Å². The minimum Gasteiger partial charge on any atom is -0.464 e. The normalized spacial score (nSPS) is 22.4. The van der Waals surface area contributed by atoms with Gasteiger partial charge in [0.05, 0.1) is 0 Å². The van der Waals surface area contributed by atoms with E-state index < -0.39 is 7.14 Å². The Kier molecular flexibility index (Phi) is 11.9. The molecule has 4 unspecified atom stereocenters. The number of furan rings is 1. The van der Waals surface area contributed by atoms with Crippen molar-refractivity contribution < 1.29 is 8.98 Å². The fraction of sp³-hybridized carbons (Fsp3) is 0.197. The quantitative estimate of drug-likeness (QED) is 0.100. The first-order chi connectivity index (χ1) is 32.6. The van der Waals surface area contributed by atoms with Gasteiger partial charge in [-0.15, -0.1) is 0 Å². The van der Waals surface area contributed by atoms with Crippen LogP contribution < -0.4 is 15.9 Å². The van der Waals surface area contributed by atoms with E-state index in [1.807, 2.05) is 60.7 Å². The second-order valence-corrected chi connectivity index (χ2v) is 21.2. The zero-order valence-corrected chi connectivity index (χ0v) is 38.1. The molecule has 1 N–H and O–H groups in total. The van der Waals surface area contributed by atoms with Gasteiger partial charge in [0.1, 0.15) is 24.8 Å². The molecule has 0 spiro atoms. The van der Waals surface area contributed by atoms with E-state index in [0.717, 1.165) is 60.8 Å². The smallest absolute Gasteiger partial charge is 0.150 e. The van der Waals surface area contributed by atoms with Crippen LogP contribution in [-0.4, -0.2) is 18.4 Å². The molecule has 5 aromatic rings. The number of aliphatic imine (C=N–C) groups is 1. The summed E-state index contributed by atoms with van der Waals surface area (Å²) in [6.07, 6.45) is 41.6. The molecule has 0 amide bonds. The summed E-state index contributed by atoms with van der Waals surface area (Å²) >= 11 is 0. The van der Waals surface area contributed by atoms with Crippen molar-refractivity contribution in [1.82, 2.24) is 5.32 Å². The zero-order valence-electron chi connectivity index (χ0n) is 37.3. The molecule has 4 aromatic carbocycles. The second-order valence-electron chi connectivity index (χ2n) is 18.2. The van der Waals surface area contributed by atoms with E-state index in [2.05, 4.69) is 157 Å². The van der Waals surface area contributed by atoms with Crippen molar-refractivity contribution >= 4 is 46.8 Å². The molecule has 1 heterocycles. The van der Waals surface area contributed by atoms with Gasteiger partial charge in [0.2, 0.25) is 0 Å². The molecule has 326 valence electrons. The van der Waals surface area contributed by atoms with Crippen LogP contribution in [0.15, 0.2) is 221 Å². The molecule has 0 aliphatic heterocycles. The van der Waals surface area contributed by atoms with Gasteiger partial charge in [-0.05, 0) is 83.2 Å². The lowest BCUT2D eigenvalue weighted by molar-refractivity contribution is 0.433. The van der Waals surface area contributed by atoms with Crippen molar-refractivity contribution in [2.24, 2.45) is 16.8 Å². The fourth-order valence-electron chi connectivity index (χ4n) is 10.7. The molecule has 0 fully saturated rings. The lowest BCUT2D eigenvalue weighted by Gasteiger charge is -2.31. The highest BCUT2D eigenvalue weighted by molar-refractivity contribution is 7.79. The Morgan fingerprint density at radius 1 is 0.697 bits per heavy atom. The van der Waals surface area contributed by atoms with Crippen LogP contribution in [-0.2, 0) is 11.0 Å². The number of hydrogen-bond acceptors (Lipinski definition) is 4. The standard InChI is InChI=1S/C61H55N2O2P/c64-66(50-26-9-3-10-27-50,51-28-11-4-12-29-51)52-36-34-45(35-37-52)53-32-17-33-58-59(53)57-40-56(54-30-13-14-31-55(54)60(57)65-58)49-25-16-24-48(39-49)47-23-15-20-44(38-47)42-63-61(46-21-7-2-8-22-46)62-41-43-18-5-1-6-19-43/h1-14,16,18,21-32,34-36,38-41,43,52,54-55,61,63H,15,17,19-20,33,37,42H2/b62-41+/t43?,52?,54?,55?,61-/m0/s1. The number of allylic oxidation sites excluding steroid dienone is 18. The number of rotatable bonds is 12. The summed E-state index contributed by atoms with van der Waals surface area (Å²) in [5.74, 6) is 2.74. The van der Waals surface area contributed by atoms with E-state index >= 15 is 4.57 Å². The molecular weight excluding hydrogens is 824 g/mol. The SMILES string of the molecule is O=P(c1ccccc1)(c1ccccc1)C1C=CC(C2=CCCc3oc4c(c32)C=C(c2cccc(C3=CCCC(CN[C@H](/N=C/C5C=CC=CC5)c5ccccc5)=C3)c2)C2C=CC=CC42)=CC1. The number of nitrogens with zero attached hydrogens (tertiary/aromatic N) is 1. The van der Waals surface area contributed by atoms with E-state index in [4.69, 9.17) is 9.41 Å². The highest BCUT2D eigenvalue weighted by atomic mass is 31.2. The summed E-state index contributed by atoms with van der Waals surface area (Å²) in [6.45, 7) is 0.774. The topological polar surface area (TPSA) is 54.6 Å². The van der Waals surface area contributed by atoms with Gasteiger partial charge in [0.25, 0.3) is 0 Å². The highest BCUT2D eigenvalue weighted by Gasteiger charge is 2.39. The molecule has 6 aliphatic rings. The number of nitrogens with one attached hydrogen (secondary N) is 1. The maximum absolute atomic E-state index is 15.3. The summed E-state index contributed by atoms with van der Waals surface area (Å²) in [5, 5.41) is 5.61. The number of hydrogen-bond donors (Lipinski definition) is 1. The summed E-state index contributed by atoms with van der Waals surface area (Å²) in [5.41, 5.74) is 12.3. The van der Waals surface area contributed by atoms with Crippen LogP contribution >= 0.6 is 7.14 Å².